The van der Waals surface area contributed by atoms with Crippen molar-refractivity contribution in [3.05, 3.63) is 29.8 Å². The van der Waals surface area contributed by atoms with Crippen LogP contribution in [0, 0.1) is 0 Å². The van der Waals surface area contributed by atoms with Gasteiger partial charge in [-0.3, -0.25) is 19.3 Å². The van der Waals surface area contributed by atoms with Gasteiger partial charge in [-0.2, -0.15) is 0 Å². The minimum atomic E-state index is -1.05. The smallest absolute Gasteiger partial charge is 0.327 e. The molecule has 1 aromatic rings. The molecule has 4 amide bonds. The molecule has 0 spiro atoms. The third-order valence-electron chi connectivity index (χ3n) is 3.83. The van der Waals surface area contributed by atoms with Crippen LogP contribution in [0.1, 0.15) is 19.4 Å². The van der Waals surface area contributed by atoms with Crippen molar-refractivity contribution in [3.63, 3.8) is 0 Å². The summed E-state index contributed by atoms with van der Waals surface area (Å²) in [4.78, 5) is 49.3. The summed E-state index contributed by atoms with van der Waals surface area (Å²) in [6, 6.07) is 6.77. The van der Waals surface area contributed by atoms with E-state index in [1.54, 1.807) is 12.1 Å². The van der Waals surface area contributed by atoms with Gasteiger partial charge in [0, 0.05) is 12.7 Å². The number of urea groups is 1. The standard InChI is InChI=1S/C17H21N3O5/c1-4-12-5-7-13(8-6-12)18-16(23)11(2)25-15(22)10-20-14(21)9-19(3)17(20)24/h5-8,11H,4,9-10H2,1-3H3,(H,18,23)/t11-/m1/s1. The summed E-state index contributed by atoms with van der Waals surface area (Å²) in [7, 11) is 1.46. The molecule has 0 aliphatic carbocycles. The largest absolute Gasteiger partial charge is 0.451 e. The number of aryl methyl sites for hydroxylation is 1. The van der Waals surface area contributed by atoms with Crippen LogP contribution in [0.15, 0.2) is 24.3 Å². The molecule has 0 saturated carbocycles. The van der Waals surface area contributed by atoms with Crippen LogP contribution in [0.4, 0.5) is 10.5 Å². The summed E-state index contributed by atoms with van der Waals surface area (Å²) in [5.41, 5.74) is 1.74. The minimum Gasteiger partial charge on any atom is -0.451 e. The fraction of sp³-hybridized carbons (Fsp3) is 0.412. The van der Waals surface area contributed by atoms with Crippen LogP contribution in [0.25, 0.3) is 0 Å². The molecule has 0 radical (unpaired) electrons. The van der Waals surface area contributed by atoms with E-state index in [1.165, 1.54) is 18.9 Å². The number of ether oxygens (including phenoxy) is 1. The molecule has 8 heteroatoms. The van der Waals surface area contributed by atoms with Gasteiger partial charge in [0.15, 0.2) is 6.10 Å². The van der Waals surface area contributed by atoms with Crippen LogP contribution in [0.5, 0.6) is 0 Å². The second-order valence-corrected chi connectivity index (χ2v) is 5.79. The highest BCUT2D eigenvalue weighted by molar-refractivity contribution is 6.04. The van der Waals surface area contributed by atoms with Gasteiger partial charge in [0.1, 0.15) is 13.1 Å². The molecular weight excluding hydrogens is 326 g/mol. The van der Waals surface area contributed by atoms with Crippen LogP contribution >= 0.6 is 0 Å². The number of nitrogens with zero attached hydrogens (tertiary/aromatic N) is 2. The zero-order valence-electron chi connectivity index (χ0n) is 14.4. The maximum absolute atomic E-state index is 12.1. The van der Waals surface area contributed by atoms with E-state index in [-0.39, 0.29) is 6.54 Å². The third kappa shape index (κ3) is 4.56. The summed E-state index contributed by atoms with van der Waals surface area (Å²) in [6.07, 6.45) is -0.158. The Labute approximate surface area is 145 Å². The molecule has 1 fully saturated rings. The van der Waals surface area contributed by atoms with Gasteiger partial charge in [0.2, 0.25) is 0 Å². The van der Waals surface area contributed by atoms with Crippen LogP contribution < -0.4 is 5.32 Å². The number of hydrogen-bond acceptors (Lipinski definition) is 5. The number of carbonyl (C=O) groups excluding carboxylic acids is 4. The maximum Gasteiger partial charge on any atom is 0.327 e. The quantitative estimate of drug-likeness (QED) is 0.612. The maximum atomic E-state index is 12.1. The molecule has 0 bridgehead atoms. The van der Waals surface area contributed by atoms with E-state index >= 15 is 0 Å². The van der Waals surface area contributed by atoms with Gasteiger partial charge < -0.3 is 15.0 Å². The molecular formula is C17H21N3O5. The highest BCUT2D eigenvalue weighted by Crippen LogP contribution is 2.11. The Morgan fingerprint density at radius 1 is 1.24 bits per heavy atom. The number of imide groups is 1. The number of carbonyl (C=O) groups is 4. The fourth-order valence-corrected chi connectivity index (χ4v) is 2.31. The van der Waals surface area contributed by atoms with Gasteiger partial charge in [-0.1, -0.05) is 19.1 Å². The first kappa shape index (κ1) is 18.4. The minimum absolute atomic E-state index is 0.0735. The molecule has 0 unspecified atom stereocenters. The molecule has 25 heavy (non-hydrogen) atoms. The van der Waals surface area contributed by atoms with E-state index in [0.717, 1.165) is 16.9 Å². The SMILES string of the molecule is CCc1ccc(NC(=O)[C@@H](C)OC(=O)CN2C(=O)CN(C)C2=O)cc1. The molecule has 0 aromatic heterocycles. The number of esters is 1. The average molecular weight is 347 g/mol. The number of nitrogens with one attached hydrogen (secondary N) is 1. The highest BCUT2D eigenvalue weighted by Gasteiger charge is 2.35. The summed E-state index contributed by atoms with van der Waals surface area (Å²) in [5.74, 6) is -1.78. The van der Waals surface area contributed by atoms with Gasteiger partial charge in [-0.05, 0) is 31.0 Å². The van der Waals surface area contributed by atoms with Crippen molar-refractivity contribution in [1.29, 1.82) is 0 Å². The van der Waals surface area contributed by atoms with Crippen molar-refractivity contribution >= 4 is 29.5 Å². The van der Waals surface area contributed by atoms with Crippen LogP contribution in [0.2, 0.25) is 0 Å². The molecule has 1 aromatic carbocycles. The Bertz CT molecular complexity index is 686. The molecule has 2 rings (SSSR count). The second kappa shape index (κ2) is 7.78. The summed E-state index contributed by atoms with van der Waals surface area (Å²) < 4.78 is 5.01. The van der Waals surface area contributed by atoms with E-state index in [9.17, 15) is 19.2 Å². The third-order valence-corrected chi connectivity index (χ3v) is 3.83. The molecule has 1 atom stereocenters. The topological polar surface area (TPSA) is 96.0 Å². The first-order valence-electron chi connectivity index (χ1n) is 7.96. The molecule has 1 heterocycles. The van der Waals surface area contributed by atoms with Gasteiger partial charge in [0.25, 0.3) is 11.8 Å². The van der Waals surface area contributed by atoms with Crippen LogP contribution in [-0.2, 0) is 25.5 Å². The van der Waals surface area contributed by atoms with Crippen LogP contribution in [0.3, 0.4) is 0 Å². The lowest BCUT2D eigenvalue weighted by Crippen LogP contribution is -2.39. The second-order valence-electron chi connectivity index (χ2n) is 5.79. The Hall–Kier alpha value is -2.90. The number of rotatable bonds is 6. The summed E-state index contributed by atoms with van der Waals surface area (Å²) in [5, 5.41) is 2.64. The van der Waals surface area contributed by atoms with E-state index < -0.39 is 36.5 Å². The van der Waals surface area contributed by atoms with E-state index in [1.807, 2.05) is 19.1 Å². The van der Waals surface area contributed by atoms with Crippen LogP contribution in [-0.4, -0.2) is 59.9 Å². The monoisotopic (exact) mass is 347 g/mol. The van der Waals surface area contributed by atoms with Gasteiger partial charge in [0.05, 0.1) is 0 Å². The van der Waals surface area contributed by atoms with Crippen molar-refractivity contribution in [2.45, 2.75) is 26.4 Å². The van der Waals surface area contributed by atoms with Crippen molar-refractivity contribution in [1.82, 2.24) is 9.80 Å². The number of likely N-dealkylation sites (N-methyl/N-ethyl adjacent to an activating group) is 1. The molecule has 1 aliphatic heterocycles. The normalized spacial score (nSPS) is 15.3. The van der Waals surface area contributed by atoms with Gasteiger partial charge >= 0.3 is 12.0 Å². The van der Waals surface area contributed by atoms with E-state index in [0.29, 0.717) is 5.69 Å². The molecule has 1 aliphatic rings. The summed E-state index contributed by atoms with van der Waals surface area (Å²) >= 11 is 0. The zero-order chi connectivity index (χ0) is 18.6. The lowest BCUT2D eigenvalue weighted by atomic mass is 10.1. The number of benzene rings is 1. The molecule has 8 nitrogen and oxygen atoms in total. The first-order valence-corrected chi connectivity index (χ1v) is 7.96. The van der Waals surface area contributed by atoms with E-state index in [4.69, 9.17) is 4.74 Å². The predicted molar refractivity (Wildman–Crippen MR) is 89.7 cm³/mol. The number of amides is 4. The lowest BCUT2D eigenvalue weighted by molar-refractivity contribution is -0.154. The zero-order valence-corrected chi connectivity index (χ0v) is 14.4. The van der Waals surface area contributed by atoms with Gasteiger partial charge in [-0.15, -0.1) is 0 Å². The number of hydrogen-bond donors (Lipinski definition) is 1. The Balaban J connectivity index is 1.86. The van der Waals surface area contributed by atoms with Crippen molar-refractivity contribution in [3.8, 4) is 0 Å². The van der Waals surface area contributed by atoms with Crippen molar-refractivity contribution in [2.24, 2.45) is 0 Å². The summed E-state index contributed by atoms with van der Waals surface area (Å²) in [6.45, 7) is 2.87. The fourth-order valence-electron chi connectivity index (χ4n) is 2.31. The Morgan fingerprint density at radius 2 is 1.88 bits per heavy atom. The Kier molecular flexibility index (Phi) is 5.74. The first-order chi connectivity index (χ1) is 11.8. The predicted octanol–water partition coefficient (Wildman–Crippen LogP) is 1.01. The molecule has 1 N–H and O–H groups in total. The lowest BCUT2D eigenvalue weighted by Gasteiger charge is -2.16. The van der Waals surface area contributed by atoms with E-state index in [2.05, 4.69) is 5.32 Å². The Morgan fingerprint density at radius 3 is 2.40 bits per heavy atom. The van der Waals surface area contributed by atoms with Gasteiger partial charge in [-0.25, -0.2) is 4.79 Å². The van der Waals surface area contributed by atoms with Crippen molar-refractivity contribution < 1.29 is 23.9 Å². The van der Waals surface area contributed by atoms with Crippen molar-refractivity contribution in [2.75, 3.05) is 25.5 Å². The number of anilines is 1. The molecule has 1 saturated heterocycles. The highest BCUT2D eigenvalue weighted by atomic mass is 16.5. The molecule has 134 valence electrons. The average Bonchev–Trinajstić information content (AvgIpc) is 2.81.